The molecule has 0 aliphatic carbocycles. The van der Waals surface area contributed by atoms with E-state index in [0.717, 1.165) is 31.2 Å². The van der Waals surface area contributed by atoms with Crippen molar-refractivity contribution in [2.24, 2.45) is 11.7 Å². The quantitative estimate of drug-likeness (QED) is 0.747. The van der Waals surface area contributed by atoms with Gasteiger partial charge in [0.2, 0.25) is 5.91 Å². The second-order valence-corrected chi connectivity index (χ2v) is 7.60. The molecule has 1 rings (SSSR count). The molecule has 0 bridgehead atoms. The first kappa shape index (κ1) is 21.0. The van der Waals surface area contributed by atoms with Crippen molar-refractivity contribution in [2.45, 2.75) is 51.6 Å². The number of carbonyl (C=O) groups is 1. The van der Waals surface area contributed by atoms with Crippen molar-refractivity contribution in [1.29, 1.82) is 0 Å². The molecule has 0 saturated carbocycles. The zero-order chi connectivity index (χ0) is 15.2. The number of nitrogens with zero attached hydrogens (tertiary/aromatic N) is 1. The van der Waals surface area contributed by atoms with Crippen LogP contribution in [-0.4, -0.2) is 54.0 Å². The van der Waals surface area contributed by atoms with E-state index in [2.05, 4.69) is 31.0 Å². The summed E-state index contributed by atoms with van der Waals surface area (Å²) in [7, 11) is 0. The van der Waals surface area contributed by atoms with Crippen LogP contribution in [0.2, 0.25) is 0 Å². The summed E-state index contributed by atoms with van der Waals surface area (Å²) in [5, 5.41) is 3.03. The molecule has 1 aliphatic heterocycles. The number of halogens is 1. The van der Waals surface area contributed by atoms with Crippen LogP contribution in [0, 0.1) is 5.92 Å². The molecule has 126 valence electrons. The van der Waals surface area contributed by atoms with Crippen LogP contribution in [0.5, 0.6) is 0 Å². The van der Waals surface area contributed by atoms with Crippen LogP contribution in [0.15, 0.2) is 0 Å². The Morgan fingerprint density at radius 3 is 2.76 bits per heavy atom. The highest BCUT2D eigenvalue weighted by Gasteiger charge is 2.30. The molecule has 4 nitrogen and oxygen atoms in total. The molecule has 0 aromatic carbocycles. The normalized spacial score (nSPS) is 21.5. The fourth-order valence-electron chi connectivity index (χ4n) is 2.66. The molecule has 1 aliphatic rings. The molecule has 1 unspecified atom stereocenters. The fourth-order valence-corrected chi connectivity index (χ4v) is 3.15. The van der Waals surface area contributed by atoms with Gasteiger partial charge in [-0.2, -0.15) is 11.8 Å². The fraction of sp³-hybridized carbons (Fsp3) is 0.933. The first-order valence-corrected chi connectivity index (χ1v) is 9.03. The van der Waals surface area contributed by atoms with Gasteiger partial charge in [0.15, 0.2) is 0 Å². The third kappa shape index (κ3) is 7.22. The van der Waals surface area contributed by atoms with Crippen LogP contribution < -0.4 is 11.1 Å². The second kappa shape index (κ2) is 9.93. The lowest BCUT2D eigenvalue weighted by Crippen LogP contribution is -2.56. The topological polar surface area (TPSA) is 58.4 Å². The zero-order valence-electron chi connectivity index (χ0n) is 13.9. The van der Waals surface area contributed by atoms with E-state index >= 15 is 0 Å². The van der Waals surface area contributed by atoms with E-state index in [9.17, 15) is 4.79 Å². The molecule has 0 spiro atoms. The number of hydrogen-bond acceptors (Lipinski definition) is 4. The van der Waals surface area contributed by atoms with Crippen LogP contribution in [0.1, 0.15) is 40.0 Å². The van der Waals surface area contributed by atoms with E-state index in [1.807, 2.05) is 6.26 Å². The molecule has 0 radical (unpaired) electrons. The van der Waals surface area contributed by atoms with Crippen molar-refractivity contribution in [3.05, 3.63) is 0 Å². The lowest BCUT2D eigenvalue weighted by molar-refractivity contribution is -0.123. The largest absolute Gasteiger partial charge is 0.353 e. The standard InChI is InChI=1S/C15H31N3OS.ClH/c1-12-6-5-8-18(10-12)15(2,3)11-17-14(19)13(16)7-9-20-4;/h12-13H,5-11,16H2,1-4H3,(H,17,19);1H/t12?,13-;/m0./s1. The molecular weight excluding hydrogens is 306 g/mol. The molecule has 6 heteroatoms. The SMILES string of the molecule is CSCC[C@H](N)C(=O)NCC(C)(C)N1CCCC(C)C1.Cl. The van der Waals surface area contributed by atoms with Crippen molar-refractivity contribution in [3.8, 4) is 0 Å². The molecular formula is C15H32ClN3OS. The minimum Gasteiger partial charge on any atom is -0.353 e. The van der Waals surface area contributed by atoms with Crippen LogP contribution in [-0.2, 0) is 4.79 Å². The summed E-state index contributed by atoms with van der Waals surface area (Å²) in [6.07, 6.45) is 5.35. The summed E-state index contributed by atoms with van der Waals surface area (Å²) in [5.41, 5.74) is 5.90. The van der Waals surface area contributed by atoms with Gasteiger partial charge in [0, 0.05) is 18.6 Å². The first-order valence-electron chi connectivity index (χ1n) is 7.64. The van der Waals surface area contributed by atoms with Crippen molar-refractivity contribution < 1.29 is 4.79 Å². The van der Waals surface area contributed by atoms with E-state index in [4.69, 9.17) is 5.73 Å². The van der Waals surface area contributed by atoms with Crippen LogP contribution in [0.4, 0.5) is 0 Å². The van der Waals surface area contributed by atoms with E-state index in [1.54, 1.807) is 11.8 Å². The number of hydrogen-bond donors (Lipinski definition) is 2. The summed E-state index contributed by atoms with van der Waals surface area (Å²) in [4.78, 5) is 14.5. The van der Waals surface area contributed by atoms with Gasteiger partial charge >= 0.3 is 0 Å². The van der Waals surface area contributed by atoms with Crippen molar-refractivity contribution in [3.63, 3.8) is 0 Å². The highest BCUT2D eigenvalue weighted by molar-refractivity contribution is 7.98. The highest BCUT2D eigenvalue weighted by Crippen LogP contribution is 2.23. The number of carbonyl (C=O) groups excluding carboxylic acids is 1. The van der Waals surface area contributed by atoms with Crippen LogP contribution in [0.25, 0.3) is 0 Å². The number of likely N-dealkylation sites (tertiary alicyclic amines) is 1. The predicted octanol–water partition coefficient (Wildman–Crippen LogP) is 2.12. The van der Waals surface area contributed by atoms with E-state index in [-0.39, 0.29) is 29.9 Å². The molecule has 1 saturated heterocycles. The summed E-state index contributed by atoms with van der Waals surface area (Å²) < 4.78 is 0. The third-order valence-corrected chi connectivity index (χ3v) is 4.82. The number of nitrogens with two attached hydrogens (primary N) is 1. The number of nitrogens with one attached hydrogen (secondary N) is 1. The molecule has 0 aromatic heterocycles. The smallest absolute Gasteiger partial charge is 0.237 e. The molecule has 1 fully saturated rings. The van der Waals surface area contributed by atoms with Crippen molar-refractivity contribution >= 4 is 30.1 Å². The van der Waals surface area contributed by atoms with Gasteiger partial charge in [-0.05, 0) is 57.6 Å². The Labute approximate surface area is 140 Å². The third-order valence-electron chi connectivity index (χ3n) is 4.18. The lowest BCUT2D eigenvalue weighted by atomic mass is 9.93. The average Bonchev–Trinajstić information content (AvgIpc) is 2.42. The number of amides is 1. The van der Waals surface area contributed by atoms with Gasteiger partial charge in [0.25, 0.3) is 0 Å². The molecule has 21 heavy (non-hydrogen) atoms. The molecule has 2 atom stereocenters. The number of thioether (sulfide) groups is 1. The Bertz CT molecular complexity index is 315. The van der Waals surface area contributed by atoms with Gasteiger partial charge in [0.1, 0.15) is 0 Å². The van der Waals surface area contributed by atoms with Gasteiger partial charge in [0.05, 0.1) is 6.04 Å². The Hall–Kier alpha value is 0.0300. The van der Waals surface area contributed by atoms with E-state index < -0.39 is 0 Å². The maximum Gasteiger partial charge on any atom is 0.237 e. The average molecular weight is 338 g/mol. The Balaban J connectivity index is 0.00000400. The van der Waals surface area contributed by atoms with Gasteiger partial charge in [-0.1, -0.05) is 6.92 Å². The minimum absolute atomic E-state index is 0. The molecule has 1 heterocycles. The van der Waals surface area contributed by atoms with E-state index in [0.29, 0.717) is 6.54 Å². The van der Waals surface area contributed by atoms with Crippen molar-refractivity contribution in [2.75, 3.05) is 31.6 Å². The summed E-state index contributed by atoms with van der Waals surface area (Å²) in [5.74, 6) is 1.67. The van der Waals surface area contributed by atoms with Crippen LogP contribution >= 0.6 is 24.2 Å². The Kier molecular flexibility index (Phi) is 9.94. The number of piperidine rings is 1. The Morgan fingerprint density at radius 1 is 1.52 bits per heavy atom. The molecule has 3 N–H and O–H groups in total. The maximum absolute atomic E-state index is 12.0. The van der Waals surface area contributed by atoms with Gasteiger partial charge < -0.3 is 11.1 Å². The van der Waals surface area contributed by atoms with Gasteiger partial charge in [-0.25, -0.2) is 0 Å². The molecule has 0 aromatic rings. The molecule has 1 amide bonds. The van der Waals surface area contributed by atoms with Crippen LogP contribution in [0.3, 0.4) is 0 Å². The lowest BCUT2D eigenvalue weighted by Gasteiger charge is -2.43. The van der Waals surface area contributed by atoms with E-state index in [1.165, 1.54) is 12.8 Å². The summed E-state index contributed by atoms with van der Waals surface area (Å²) >= 11 is 1.73. The predicted molar refractivity (Wildman–Crippen MR) is 95.3 cm³/mol. The summed E-state index contributed by atoms with van der Waals surface area (Å²) in [6.45, 7) is 9.65. The summed E-state index contributed by atoms with van der Waals surface area (Å²) in [6, 6.07) is -0.376. The monoisotopic (exact) mass is 337 g/mol. The highest BCUT2D eigenvalue weighted by atomic mass is 35.5. The van der Waals surface area contributed by atoms with Gasteiger partial charge in [-0.15, -0.1) is 12.4 Å². The second-order valence-electron chi connectivity index (χ2n) is 6.61. The maximum atomic E-state index is 12.0. The Morgan fingerprint density at radius 2 is 2.19 bits per heavy atom. The minimum atomic E-state index is -0.376. The first-order chi connectivity index (χ1) is 9.36. The zero-order valence-corrected chi connectivity index (χ0v) is 15.5. The van der Waals surface area contributed by atoms with Crippen molar-refractivity contribution in [1.82, 2.24) is 10.2 Å². The van der Waals surface area contributed by atoms with Gasteiger partial charge in [-0.3, -0.25) is 9.69 Å². The number of rotatable bonds is 7.